The van der Waals surface area contributed by atoms with Crippen LogP contribution in [0.4, 0.5) is 0 Å². The summed E-state index contributed by atoms with van der Waals surface area (Å²) in [4.78, 5) is 12.7. The van der Waals surface area contributed by atoms with E-state index in [1.165, 1.54) is 0 Å². The SMILES string of the molecule is CC(C)=CC(O)CC1(C)OC1C1CCC2C3(C)CCC(O)C(C)(C)C3CCC2(C)C12COC(=O)C2. The van der Waals surface area contributed by atoms with E-state index in [0.717, 1.165) is 44.1 Å². The van der Waals surface area contributed by atoms with Crippen molar-refractivity contribution in [3.05, 3.63) is 11.6 Å². The molecule has 3 saturated carbocycles. The van der Waals surface area contributed by atoms with Gasteiger partial charge in [-0.15, -0.1) is 0 Å². The van der Waals surface area contributed by atoms with E-state index >= 15 is 0 Å². The van der Waals surface area contributed by atoms with Crippen molar-refractivity contribution in [3.63, 3.8) is 0 Å². The van der Waals surface area contributed by atoms with Crippen LogP contribution < -0.4 is 0 Å². The largest absolute Gasteiger partial charge is 0.465 e. The fourth-order valence-electron chi connectivity index (χ4n) is 10.2. The van der Waals surface area contributed by atoms with Gasteiger partial charge in [0.05, 0.1) is 36.9 Å². The zero-order valence-electron chi connectivity index (χ0n) is 23.0. The molecular formula is C30H48O5. The molecule has 10 unspecified atom stereocenters. The van der Waals surface area contributed by atoms with E-state index in [1.54, 1.807) is 0 Å². The maximum Gasteiger partial charge on any atom is 0.306 e. The quantitative estimate of drug-likeness (QED) is 0.314. The van der Waals surface area contributed by atoms with Gasteiger partial charge in [-0.1, -0.05) is 39.3 Å². The van der Waals surface area contributed by atoms with Gasteiger partial charge in [0.1, 0.15) is 0 Å². The average molecular weight is 489 g/mol. The molecule has 2 saturated heterocycles. The highest BCUT2D eigenvalue weighted by Crippen LogP contribution is 2.75. The third-order valence-corrected chi connectivity index (χ3v) is 12.0. The van der Waals surface area contributed by atoms with Gasteiger partial charge in [0.15, 0.2) is 0 Å². The first-order valence-corrected chi connectivity index (χ1v) is 14.0. The van der Waals surface area contributed by atoms with Crippen LogP contribution in [0.5, 0.6) is 0 Å². The smallest absolute Gasteiger partial charge is 0.306 e. The van der Waals surface area contributed by atoms with Gasteiger partial charge in [-0.2, -0.15) is 0 Å². The van der Waals surface area contributed by atoms with Crippen LogP contribution in [-0.4, -0.2) is 46.7 Å². The number of rotatable bonds is 4. The minimum absolute atomic E-state index is 0.00289. The van der Waals surface area contributed by atoms with Crippen molar-refractivity contribution in [2.24, 2.45) is 39.4 Å². The van der Waals surface area contributed by atoms with E-state index in [4.69, 9.17) is 9.47 Å². The standard InChI is InChI=1S/C30H48O5/c1-18(2)14-19(31)15-29(7)25(35-29)20-8-9-22-27(5)12-11-23(32)26(3,4)21(27)10-13-28(22,6)30(20)16-24(33)34-17-30/h14,19-23,25,31-32H,8-13,15-17H2,1-7H3. The van der Waals surface area contributed by atoms with E-state index in [-0.39, 0.29) is 51.4 Å². The molecule has 0 aromatic rings. The van der Waals surface area contributed by atoms with Gasteiger partial charge in [0.2, 0.25) is 0 Å². The van der Waals surface area contributed by atoms with Crippen LogP contribution in [0.3, 0.4) is 0 Å². The van der Waals surface area contributed by atoms with Gasteiger partial charge in [-0.3, -0.25) is 4.79 Å². The lowest BCUT2D eigenvalue weighted by Crippen LogP contribution is -2.65. The molecule has 198 valence electrons. The van der Waals surface area contributed by atoms with Crippen molar-refractivity contribution in [2.75, 3.05) is 6.61 Å². The first kappa shape index (κ1) is 25.7. The third-order valence-electron chi connectivity index (χ3n) is 12.0. The predicted octanol–water partition coefficient (Wildman–Crippen LogP) is 5.42. The molecule has 0 amide bonds. The van der Waals surface area contributed by atoms with Gasteiger partial charge in [0.25, 0.3) is 0 Å². The van der Waals surface area contributed by atoms with Gasteiger partial charge in [0, 0.05) is 11.8 Å². The van der Waals surface area contributed by atoms with Crippen LogP contribution in [0.1, 0.15) is 99.8 Å². The van der Waals surface area contributed by atoms with Gasteiger partial charge < -0.3 is 19.7 Å². The van der Waals surface area contributed by atoms with Crippen LogP contribution >= 0.6 is 0 Å². The summed E-state index contributed by atoms with van der Waals surface area (Å²) in [5, 5.41) is 21.5. The fourth-order valence-corrected chi connectivity index (χ4v) is 10.2. The van der Waals surface area contributed by atoms with Crippen LogP contribution in [-0.2, 0) is 14.3 Å². The van der Waals surface area contributed by atoms with Crippen molar-refractivity contribution in [2.45, 2.75) is 124 Å². The zero-order chi connectivity index (χ0) is 25.6. The Labute approximate surface area is 212 Å². The number of ether oxygens (including phenoxy) is 2. The van der Waals surface area contributed by atoms with Gasteiger partial charge in [-0.25, -0.2) is 0 Å². The highest BCUT2D eigenvalue weighted by atomic mass is 16.6. The molecule has 0 radical (unpaired) electrons. The lowest BCUT2D eigenvalue weighted by Gasteiger charge is -2.69. The summed E-state index contributed by atoms with van der Waals surface area (Å²) < 4.78 is 12.2. The van der Waals surface area contributed by atoms with Crippen LogP contribution in [0.2, 0.25) is 0 Å². The van der Waals surface area contributed by atoms with Crippen molar-refractivity contribution in [3.8, 4) is 0 Å². The lowest BCUT2D eigenvalue weighted by atomic mass is 9.34. The Morgan fingerprint density at radius 1 is 1.06 bits per heavy atom. The van der Waals surface area contributed by atoms with Crippen molar-refractivity contribution >= 4 is 5.97 Å². The second kappa shape index (κ2) is 8.04. The molecule has 5 rings (SSSR count). The Bertz CT molecular complexity index is 906. The average Bonchev–Trinajstić information content (AvgIpc) is 3.21. The lowest BCUT2D eigenvalue weighted by molar-refractivity contribution is -0.229. The van der Waals surface area contributed by atoms with Crippen LogP contribution in [0, 0.1) is 39.4 Å². The summed E-state index contributed by atoms with van der Waals surface area (Å²) in [6.45, 7) is 16.2. The number of fused-ring (bicyclic) bond motifs is 4. The summed E-state index contributed by atoms with van der Waals surface area (Å²) in [5.41, 5.74) is 0.618. The molecular weight excluding hydrogens is 440 g/mol. The van der Waals surface area contributed by atoms with Crippen molar-refractivity contribution < 1.29 is 24.5 Å². The summed E-state index contributed by atoms with van der Waals surface area (Å²) >= 11 is 0. The second-order valence-electron chi connectivity index (χ2n) is 14.5. The van der Waals surface area contributed by atoms with Crippen molar-refractivity contribution in [1.82, 2.24) is 0 Å². The number of hydrogen-bond donors (Lipinski definition) is 2. The molecule has 5 fully saturated rings. The van der Waals surface area contributed by atoms with E-state index in [9.17, 15) is 15.0 Å². The molecule has 5 aliphatic rings. The molecule has 5 heteroatoms. The van der Waals surface area contributed by atoms with Crippen LogP contribution in [0.25, 0.3) is 0 Å². The molecule has 0 aromatic carbocycles. The number of epoxide rings is 1. The first-order chi connectivity index (χ1) is 16.2. The Morgan fingerprint density at radius 3 is 2.40 bits per heavy atom. The molecule has 0 bridgehead atoms. The maximum absolute atomic E-state index is 12.7. The molecule has 2 N–H and O–H groups in total. The monoisotopic (exact) mass is 488 g/mol. The molecule has 2 aliphatic heterocycles. The Hall–Kier alpha value is -0.910. The van der Waals surface area contributed by atoms with Gasteiger partial charge in [-0.05, 0) is 93.3 Å². The predicted molar refractivity (Wildman–Crippen MR) is 136 cm³/mol. The molecule has 1 spiro atoms. The van der Waals surface area contributed by atoms with Crippen molar-refractivity contribution in [1.29, 1.82) is 0 Å². The topological polar surface area (TPSA) is 79.3 Å². The Kier molecular flexibility index (Phi) is 5.91. The number of carbonyl (C=O) groups excluding carboxylic acids is 1. The normalized spacial score (nSPS) is 51.2. The number of hydrogen-bond acceptors (Lipinski definition) is 5. The number of aliphatic hydroxyl groups excluding tert-OH is 2. The Morgan fingerprint density at radius 2 is 1.77 bits per heavy atom. The van der Waals surface area contributed by atoms with Gasteiger partial charge >= 0.3 is 5.97 Å². The summed E-state index contributed by atoms with van der Waals surface area (Å²) in [6, 6.07) is 0. The third kappa shape index (κ3) is 3.61. The zero-order valence-corrected chi connectivity index (χ0v) is 23.0. The summed E-state index contributed by atoms with van der Waals surface area (Å²) in [7, 11) is 0. The highest BCUT2D eigenvalue weighted by molar-refractivity contribution is 5.73. The minimum Gasteiger partial charge on any atom is -0.465 e. The Balaban J connectivity index is 1.47. The molecule has 2 heterocycles. The molecule has 10 atom stereocenters. The first-order valence-electron chi connectivity index (χ1n) is 14.0. The number of esters is 1. The molecule has 5 nitrogen and oxygen atoms in total. The maximum atomic E-state index is 12.7. The minimum atomic E-state index is -0.510. The number of cyclic esters (lactones) is 1. The highest BCUT2D eigenvalue weighted by Gasteiger charge is 2.73. The number of carbonyl (C=O) groups is 1. The molecule has 35 heavy (non-hydrogen) atoms. The van der Waals surface area contributed by atoms with E-state index in [0.29, 0.717) is 31.3 Å². The molecule has 0 aromatic heterocycles. The fraction of sp³-hybridized carbons (Fsp3) is 0.900. The summed E-state index contributed by atoms with van der Waals surface area (Å²) in [5.74, 6) is 1.20. The van der Waals surface area contributed by atoms with Crippen LogP contribution in [0.15, 0.2) is 11.6 Å². The summed E-state index contributed by atoms with van der Waals surface area (Å²) in [6.07, 6.45) is 8.60. The molecule has 3 aliphatic carbocycles. The van der Waals surface area contributed by atoms with E-state index in [2.05, 4.69) is 34.6 Å². The number of allylic oxidation sites excluding steroid dienone is 1. The van der Waals surface area contributed by atoms with E-state index in [1.807, 2.05) is 19.9 Å². The van der Waals surface area contributed by atoms with E-state index < -0.39 is 6.10 Å². The number of aliphatic hydroxyl groups is 2. The second-order valence-corrected chi connectivity index (χ2v) is 14.5.